The fourth-order valence-electron chi connectivity index (χ4n) is 1.70. The van der Waals surface area contributed by atoms with Crippen LogP contribution in [0.25, 0.3) is 0 Å². The lowest BCUT2D eigenvalue weighted by Gasteiger charge is -2.07. The molecule has 98 valence electrons. The zero-order valence-corrected chi connectivity index (χ0v) is 10.1. The second kappa shape index (κ2) is 6.20. The van der Waals surface area contributed by atoms with E-state index in [1.807, 2.05) is 0 Å². The first-order chi connectivity index (χ1) is 8.79. The fourth-order valence-corrected chi connectivity index (χ4v) is 1.70. The standard InChI is InChI=1S/C12H16N2O4/c1-2-16-8-10-5-11(14-18-10)12(15)13-6-9-3-4-17-7-9/h2,5,9H,1,3-4,6-8H2,(H,13,15). The van der Waals surface area contributed by atoms with Gasteiger partial charge in [-0.3, -0.25) is 4.79 Å². The molecule has 0 spiro atoms. The Bertz CT molecular complexity index is 410. The van der Waals surface area contributed by atoms with Crippen molar-refractivity contribution in [3.63, 3.8) is 0 Å². The quantitative estimate of drug-likeness (QED) is 0.767. The van der Waals surface area contributed by atoms with Crippen molar-refractivity contribution in [2.75, 3.05) is 19.8 Å². The summed E-state index contributed by atoms with van der Waals surface area (Å²) in [6, 6.07) is 1.56. The van der Waals surface area contributed by atoms with Crippen LogP contribution >= 0.6 is 0 Å². The molecule has 0 radical (unpaired) electrons. The number of hydrogen-bond donors (Lipinski definition) is 1. The Morgan fingerprint density at radius 1 is 1.72 bits per heavy atom. The maximum absolute atomic E-state index is 11.8. The lowest BCUT2D eigenvalue weighted by atomic mass is 10.1. The summed E-state index contributed by atoms with van der Waals surface area (Å²) in [5.74, 6) is 0.643. The van der Waals surface area contributed by atoms with Crippen molar-refractivity contribution in [1.82, 2.24) is 10.5 Å². The highest BCUT2D eigenvalue weighted by atomic mass is 16.5. The van der Waals surface area contributed by atoms with Crippen LogP contribution in [0.1, 0.15) is 22.7 Å². The van der Waals surface area contributed by atoms with E-state index in [-0.39, 0.29) is 18.2 Å². The summed E-state index contributed by atoms with van der Waals surface area (Å²) in [5, 5.41) is 6.49. The number of carbonyl (C=O) groups is 1. The molecule has 1 atom stereocenters. The molecule has 2 heterocycles. The van der Waals surface area contributed by atoms with E-state index in [0.717, 1.165) is 13.0 Å². The minimum absolute atomic E-state index is 0.222. The number of hydrogen-bond acceptors (Lipinski definition) is 5. The molecular weight excluding hydrogens is 236 g/mol. The molecule has 18 heavy (non-hydrogen) atoms. The molecule has 1 N–H and O–H groups in total. The van der Waals surface area contributed by atoms with E-state index in [0.29, 0.717) is 24.8 Å². The number of amides is 1. The highest BCUT2D eigenvalue weighted by molar-refractivity contribution is 5.92. The largest absolute Gasteiger partial charge is 0.494 e. The molecular formula is C12H16N2O4. The Morgan fingerprint density at radius 2 is 2.61 bits per heavy atom. The first kappa shape index (κ1) is 12.6. The first-order valence-corrected chi connectivity index (χ1v) is 5.83. The average molecular weight is 252 g/mol. The highest BCUT2D eigenvalue weighted by Gasteiger charge is 2.18. The van der Waals surface area contributed by atoms with Gasteiger partial charge in [-0.25, -0.2) is 0 Å². The Balaban J connectivity index is 1.80. The average Bonchev–Trinajstić information content (AvgIpc) is 3.04. The van der Waals surface area contributed by atoms with Gasteiger partial charge >= 0.3 is 0 Å². The predicted molar refractivity (Wildman–Crippen MR) is 62.7 cm³/mol. The van der Waals surface area contributed by atoms with E-state index in [1.165, 1.54) is 6.26 Å². The number of carbonyl (C=O) groups excluding carboxylic acids is 1. The molecule has 2 rings (SSSR count). The molecule has 1 saturated heterocycles. The topological polar surface area (TPSA) is 73.6 Å². The molecule has 0 aromatic carbocycles. The number of rotatable bonds is 6. The van der Waals surface area contributed by atoms with E-state index < -0.39 is 0 Å². The Hall–Kier alpha value is -1.82. The van der Waals surface area contributed by atoms with Gasteiger partial charge in [0, 0.05) is 25.1 Å². The van der Waals surface area contributed by atoms with E-state index in [4.69, 9.17) is 14.0 Å². The summed E-state index contributed by atoms with van der Waals surface area (Å²) in [5.41, 5.74) is 0.261. The molecule has 1 aromatic heterocycles. The third kappa shape index (κ3) is 3.33. The van der Waals surface area contributed by atoms with Crippen LogP contribution < -0.4 is 5.32 Å². The van der Waals surface area contributed by atoms with Crippen molar-refractivity contribution in [2.45, 2.75) is 13.0 Å². The van der Waals surface area contributed by atoms with Crippen LogP contribution in [0.3, 0.4) is 0 Å². The molecule has 1 unspecified atom stereocenters. The summed E-state index contributed by atoms with van der Waals surface area (Å²) < 4.78 is 15.1. The van der Waals surface area contributed by atoms with Gasteiger partial charge in [0.2, 0.25) is 0 Å². The summed E-state index contributed by atoms with van der Waals surface area (Å²) in [6.45, 7) is 5.72. The van der Waals surface area contributed by atoms with E-state index in [1.54, 1.807) is 6.07 Å². The van der Waals surface area contributed by atoms with Gasteiger partial charge in [-0.2, -0.15) is 0 Å². The van der Waals surface area contributed by atoms with E-state index in [9.17, 15) is 4.79 Å². The molecule has 6 heteroatoms. The molecule has 1 aromatic rings. The maximum Gasteiger partial charge on any atom is 0.273 e. The van der Waals surface area contributed by atoms with Gasteiger partial charge in [0.1, 0.15) is 6.61 Å². The van der Waals surface area contributed by atoms with Gasteiger partial charge in [-0.05, 0) is 6.42 Å². The molecule has 1 aliphatic rings. The SMILES string of the molecule is C=COCc1cc(C(=O)NCC2CCOC2)no1. The van der Waals surface area contributed by atoms with Gasteiger partial charge in [0.05, 0.1) is 12.9 Å². The minimum atomic E-state index is -0.240. The van der Waals surface area contributed by atoms with Gasteiger partial charge in [-0.15, -0.1) is 0 Å². The molecule has 6 nitrogen and oxygen atoms in total. The zero-order valence-electron chi connectivity index (χ0n) is 10.1. The summed E-state index contributed by atoms with van der Waals surface area (Å²) in [7, 11) is 0. The zero-order chi connectivity index (χ0) is 12.8. The molecule has 0 aliphatic carbocycles. The summed E-state index contributed by atoms with van der Waals surface area (Å²) >= 11 is 0. The van der Waals surface area contributed by atoms with Crippen LogP contribution in [-0.4, -0.2) is 30.8 Å². The van der Waals surface area contributed by atoms with Crippen LogP contribution in [0.5, 0.6) is 0 Å². The van der Waals surface area contributed by atoms with Gasteiger partial charge < -0.3 is 19.3 Å². The Morgan fingerprint density at radius 3 is 3.33 bits per heavy atom. The molecule has 1 aliphatic heterocycles. The first-order valence-electron chi connectivity index (χ1n) is 5.83. The van der Waals surface area contributed by atoms with E-state index in [2.05, 4.69) is 17.1 Å². The molecule has 0 saturated carbocycles. The van der Waals surface area contributed by atoms with Crippen LogP contribution in [-0.2, 0) is 16.1 Å². The number of aromatic nitrogens is 1. The monoisotopic (exact) mass is 252 g/mol. The Kier molecular flexibility index (Phi) is 4.35. The minimum Gasteiger partial charge on any atom is -0.494 e. The molecule has 1 fully saturated rings. The van der Waals surface area contributed by atoms with Crippen LogP contribution in [0, 0.1) is 5.92 Å². The van der Waals surface area contributed by atoms with Crippen molar-refractivity contribution in [2.24, 2.45) is 5.92 Å². The summed E-state index contributed by atoms with van der Waals surface area (Å²) in [6.07, 6.45) is 2.29. The third-order valence-corrected chi connectivity index (χ3v) is 2.71. The van der Waals surface area contributed by atoms with Crippen molar-refractivity contribution < 1.29 is 18.8 Å². The highest BCUT2D eigenvalue weighted by Crippen LogP contribution is 2.11. The maximum atomic E-state index is 11.8. The smallest absolute Gasteiger partial charge is 0.273 e. The lowest BCUT2D eigenvalue weighted by molar-refractivity contribution is 0.0935. The number of nitrogens with zero attached hydrogens (tertiary/aromatic N) is 1. The van der Waals surface area contributed by atoms with Crippen molar-refractivity contribution in [3.05, 3.63) is 30.4 Å². The molecule has 1 amide bonds. The lowest BCUT2D eigenvalue weighted by Crippen LogP contribution is -2.29. The van der Waals surface area contributed by atoms with Crippen molar-refractivity contribution in [3.8, 4) is 0 Å². The van der Waals surface area contributed by atoms with Gasteiger partial charge in [-0.1, -0.05) is 11.7 Å². The van der Waals surface area contributed by atoms with Crippen LogP contribution in [0.2, 0.25) is 0 Å². The number of ether oxygens (including phenoxy) is 2. The molecule has 0 bridgehead atoms. The third-order valence-electron chi connectivity index (χ3n) is 2.71. The second-order valence-corrected chi connectivity index (χ2v) is 4.10. The van der Waals surface area contributed by atoms with Gasteiger partial charge in [0.15, 0.2) is 11.5 Å². The van der Waals surface area contributed by atoms with Crippen LogP contribution in [0.4, 0.5) is 0 Å². The summed E-state index contributed by atoms with van der Waals surface area (Å²) in [4.78, 5) is 11.8. The second-order valence-electron chi connectivity index (χ2n) is 4.10. The van der Waals surface area contributed by atoms with Crippen molar-refractivity contribution >= 4 is 5.91 Å². The van der Waals surface area contributed by atoms with E-state index >= 15 is 0 Å². The normalized spacial score (nSPS) is 18.6. The number of nitrogens with one attached hydrogen (secondary N) is 1. The Labute approximate surface area is 105 Å². The van der Waals surface area contributed by atoms with Crippen LogP contribution in [0.15, 0.2) is 23.4 Å². The fraction of sp³-hybridized carbons (Fsp3) is 0.500. The predicted octanol–water partition coefficient (Wildman–Crippen LogP) is 1.10. The van der Waals surface area contributed by atoms with Gasteiger partial charge in [0.25, 0.3) is 5.91 Å². The van der Waals surface area contributed by atoms with Crippen molar-refractivity contribution in [1.29, 1.82) is 0 Å².